The number of nitrogens with zero attached hydrogens (tertiary/aromatic N) is 4. The summed E-state index contributed by atoms with van der Waals surface area (Å²) in [6.07, 6.45) is 2.14. The van der Waals surface area contributed by atoms with Gasteiger partial charge < -0.3 is 4.90 Å². The first-order valence-electron chi connectivity index (χ1n) is 12.4. The van der Waals surface area contributed by atoms with Crippen LogP contribution in [0.15, 0.2) is 52.3 Å². The third kappa shape index (κ3) is 6.09. The number of hydrogen-bond acceptors (Lipinski definition) is 8. The summed E-state index contributed by atoms with van der Waals surface area (Å²) >= 11 is 1.25. The Morgan fingerprint density at radius 3 is 2.21 bits per heavy atom. The summed E-state index contributed by atoms with van der Waals surface area (Å²) in [6, 6.07) is 11.0. The molecule has 0 N–H and O–H groups in total. The van der Waals surface area contributed by atoms with Crippen LogP contribution >= 0.6 is 11.3 Å². The molecule has 12 heteroatoms. The molecular formula is C26H34N4O5S3. The summed E-state index contributed by atoms with van der Waals surface area (Å²) < 4.78 is 53.3. The molecule has 1 aliphatic heterocycles. The summed E-state index contributed by atoms with van der Waals surface area (Å²) in [6.45, 7) is 5.96. The number of piperidine rings is 1. The Kier molecular flexibility index (Phi) is 8.29. The highest BCUT2D eigenvalue weighted by Gasteiger charge is 2.32. The van der Waals surface area contributed by atoms with Crippen molar-refractivity contribution in [1.29, 1.82) is 0 Å². The van der Waals surface area contributed by atoms with Gasteiger partial charge in [-0.25, -0.2) is 21.8 Å². The quantitative estimate of drug-likeness (QED) is 0.402. The lowest BCUT2D eigenvalue weighted by Gasteiger charge is -2.34. The summed E-state index contributed by atoms with van der Waals surface area (Å²) in [5.41, 5.74) is 0.662. The van der Waals surface area contributed by atoms with Crippen LogP contribution in [-0.2, 0) is 19.9 Å². The highest BCUT2D eigenvalue weighted by atomic mass is 32.2. The van der Waals surface area contributed by atoms with Crippen LogP contribution in [0, 0.1) is 11.8 Å². The van der Waals surface area contributed by atoms with Crippen LogP contribution in [0.25, 0.3) is 10.2 Å². The van der Waals surface area contributed by atoms with Crippen LogP contribution in [-0.4, -0.2) is 83.5 Å². The Morgan fingerprint density at radius 1 is 1.00 bits per heavy atom. The van der Waals surface area contributed by atoms with E-state index in [2.05, 4.69) is 18.8 Å². The molecule has 0 bridgehead atoms. The van der Waals surface area contributed by atoms with Gasteiger partial charge >= 0.3 is 0 Å². The normalized spacial score (nSPS) is 19.2. The highest BCUT2D eigenvalue weighted by molar-refractivity contribution is 7.91. The van der Waals surface area contributed by atoms with Gasteiger partial charge in [-0.2, -0.15) is 4.31 Å². The van der Waals surface area contributed by atoms with E-state index in [4.69, 9.17) is 0 Å². The second kappa shape index (κ2) is 11.0. The summed E-state index contributed by atoms with van der Waals surface area (Å²) in [4.78, 5) is 22.0. The fourth-order valence-electron chi connectivity index (χ4n) is 4.79. The van der Waals surface area contributed by atoms with Crippen molar-refractivity contribution in [2.24, 2.45) is 11.8 Å². The number of likely N-dealkylation sites (N-methyl/N-ethyl adjacent to an activating group) is 1. The van der Waals surface area contributed by atoms with Gasteiger partial charge in [0, 0.05) is 38.0 Å². The minimum atomic E-state index is -3.67. The van der Waals surface area contributed by atoms with E-state index in [-0.39, 0.29) is 27.5 Å². The molecule has 38 heavy (non-hydrogen) atoms. The van der Waals surface area contributed by atoms with Crippen molar-refractivity contribution < 1.29 is 21.6 Å². The Balaban J connectivity index is 1.66. The van der Waals surface area contributed by atoms with E-state index in [1.54, 1.807) is 12.1 Å². The van der Waals surface area contributed by atoms with Gasteiger partial charge in [0.05, 0.1) is 14.5 Å². The van der Waals surface area contributed by atoms with Crippen molar-refractivity contribution in [2.75, 3.05) is 51.4 Å². The number of carbonyl (C=O) groups is 1. The molecule has 2 aromatic carbocycles. The second-order valence-corrected chi connectivity index (χ2v) is 15.4. The van der Waals surface area contributed by atoms with Crippen LogP contribution in [0.2, 0.25) is 0 Å². The number of thiazole rings is 1. The van der Waals surface area contributed by atoms with E-state index in [1.807, 2.05) is 19.0 Å². The van der Waals surface area contributed by atoms with E-state index in [1.165, 1.54) is 50.9 Å². The first kappa shape index (κ1) is 28.6. The number of fused-ring (bicyclic) bond motifs is 1. The maximum absolute atomic E-state index is 13.7. The van der Waals surface area contributed by atoms with Crippen molar-refractivity contribution >= 4 is 52.5 Å². The molecule has 4 rings (SSSR count). The highest BCUT2D eigenvalue weighted by Crippen LogP contribution is 2.33. The van der Waals surface area contributed by atoms with Crippen LogP contribution in [0.4, 0.5) is 5.13 Å². The summed E-state index contributed by atoms with van der Waals surface area (Å²) in [5, 5.41) is 0.385. The topological polar surface area (TPSA) is 108 Å². The first-order chi connectivity index (χ1) is 17.8. The van der Waals surface area contributed by atoms with E-state index in [0.29, 0.717) is 47.1 Å². The maximum atomic E-state index is 13.7. The zero-order valence-electron chi connectivity index (χ0n) is 22.3. The average Bonchev–Trinajstić information content (AvgIpc) is 3.26. The van der Waals surface area contributed by atoms with E-state index in [0.717, 1.165) is 12.7 Å². The smallest absolute Gasteiger partial charge is 0.260 e. The van der Waals surface area contributed by atoms with Gasteiger partial charge in [-0.05, 0) is 68.8 Å². The molecule has 1 fully saturated rings. The number of para-hydroxylation sites is 1. The minimum Gasteiger partial charge on any atom is -0.308 e. The Morgan fingerprint density at radius 2 is 1.63 bits per heavy atom. The molecule has 0 spiro atoms. The molecule has 9 nitrogen and oxygen atoms in total. The first-order valence-corrected chi connectivity index (χ1v) is 16.6. The molecule has 2 atom stereocenters. The van der Waals surface area contributed by atoms with Crippen molar-refractivity contribution in [1.82, 2.24) is 14.2 Å². The zero-order chi connectivity index (χ0) is 27.8. The van der Waals surface area contributed by atoms with Gasteiger partial charge in [-0.3, -0.25) is 9.69 Å². The Bertz CT molecular complexity index is 1520. The van der Waals surface area contributed by atoms with Crippen molar-refractivity contribution in [3.05, 3.63) is 48.0 Å². The van der Waals surface area contributed by atoms with Gasteiger partial charge in [0.1, 0.15) is 5.52 Å². The fourth-order valence-corrected chi connectivity index (χ4v) is 8.38. The molecular weight excluding hydrogens is 545 g/mol. The molecule has 1 saturated heterocycles. The van der Waals surface area contributed by atoms with Gasteiger partial charge in [0.25, 0.3) is 5.91 Å². The molecule has 1 aliphatic rings. The largest absolute Gasteiger partial charge is 0.308 e. The van der Waals surface area contributed by atoms with Crippen LogP contribution in [0.1, 0.15) is 30.6 Å². The van der Waals surface area contributed by atoms with Gasteiger partial charge in [0.2, 0.25) is 10.0 Å². The molecule has 0 aliphatic carbocycles. The Labute approximate surface area is 229 Å². The number of sulfonamides is 1. The SMILES string of the molecule is CC1CC(C)CN(S(=O)(=O)c2ccc(C(=O)N(CCN(C)C)c3nc4c(S(C)(=O)=O)cccc4s3)cc2)C1. The molecule has 206 valence electrons. The number of hydrogen-bond donors (Lipinski definition) is 0. The molecule has 2 heterocycles. The van der Waals surface area contributed by atoms with Crippen LogP contribution in [0.3, 0.4) is 0 Å². The number of anilines is 1. The lowest BCUT2D eigenvalue weighted by atomic mass is 9.94. The number of aromatic nitrogens is 1. The predicted octanol–water partition coefficient (Wildman–Crippen LogP) is 3.57. The summed E-state index contributed by atoms with van der Waals surface area (Å²) in [7, 11) is -3.38. The zero-order valence-corrected chi connectivity index (χ0v) is 24.7. The standard InChI is InChI=1S/C26H34N4O5S3/c1-18-15-19(2)17-29(16-18)38(34,35)21-11-9-20(10-12-21)25(31)30(14-13-28(3)4)26-27-24-22(36-26)7-6-8-23(24)37(5,32)33/h6-12,18-19H,13-17H2,1-5H3. The monoisotopic (exact) mass is 578 g/mol. The Hall–Kier alpha value is -2.38. The molecule has 2 unspecified atom stereocenters. The predicted molar refractivity (Wildman–Crippen MR) is 151 cm³/mol. The number of amides is 1. The minimum absolute atomic E-state index is 0.119. The third-order valence-corrected chi connectivity index (χ3v) is 10.6. The van der Waals surface area contributed by atoms with E-state index >= 15 is 0 Å². The van der Waals surface area contributed by atoms with Gasteiger partial charge in [0.15, 0.2) is 15.0 Å². The van der Waals surface area contributed by atoms with Gasteiger partial charge in [-0.15, -0.1) is 0 Å². The number of sulfone groups is 1. The van der Waals surface area contributed by atoms with Crippen LogP contribution in [0.5, 0.6) is 0 Å². The van der Waals surface area contributed by atoms with Crippen LogP contribution < -0.4 is 4.90 Å². The van der Waals surface area contributed by atoms with Gasteiger partial charge in [-0.1, -0.05) is 31.3 Å². The number of carbonyl (C=O) groups excluding carboxylic acids is 1. The molecule has 1 aromatic heterocycles. The lowest BCUT2D eigenvalue weighted by Crippen LogP contribution is -2.42. The van der Waals surface area contributed by atoms with Crippen molar-refractivity contribution in [3.8, 4) is 0 Å². The molecule has 0 radical (unpaired) electrons. The number of benzene rings is 2. The average molecular weight is 579 g/mol. The maximum Gasteiger partial charge on any atom is 0.260 e. The summed E-state index contributed by atoms with van der Waals surface area (Å²) in [5.74, 6) is 0.240. The lowest BCUT2D eigenvalue weighted by molar-refractivity contribution is 0.0985. The molecule has 1 amide bonds. The third-order valence-electron chi connectivity index (χ3n) is 6.59. The van der Waals surface area contributed by atoms with E-state index in [9.17, 15) is 21.6 Å². The molecule has 0 saturated carbocycles. The van der Waals surface area contributed by atoms with E-state index < -0.39 is 19.9 Å². The van der Waals surface area contributed by atoms with Crippen molar-refractivity contribution in [2.45, 2.75) is 30.1 Å². The number of rotatable bonds is 8. The fraction of sp³-hybridized carbons (Fsp3) is 0.462. The molecule has 3 aromatic rings. The van der Waals surface area contributed by atoms with Crippen molar-refractivity contribution in [3.63, 3.8) is 0 Å². The second-order valence-electron chi connectivity index (χ2n) is 10.4.